The van der Waals surface area contributed by atoms with Crippen molar-refractivity contribution in [2.75, 3.05) is 13.2 Å². The Morgan fingerprint density at radius 1 is 1.22 bits per heavy atom. The fraction of sp³-hybridized carbons (Fsp3) is 0.824. The van der Waals surface area contributed by atoms with E-state index in [0.717, 1.165) is 51.4 Å². The van der Waals surface area contributed by atoms with Crippen LogP contribution >= 0.6 is 0 Å². The molecule has 7 heteroatoms. The third-order valence-electron chi connectivity index (χ3n) is 9.41. The van der Waals surface area contributed by atoms with Gasteiger partial charge in [0.1, 0.15) is 6.10 Å². The second-order valence-electron chi connectivity index (χ2n) is 13.4. The van der Waals surface area contributed by atoms with Gasteiger partial charge in [-0.05, 0) is 88.5 Å². The largest absolute Gasteiger partial charge is 0.461 e. The van der Waals surface area contributed by atoms with E-state index >= 15 is 0 Å². The van der Waals surface area contributed by atoms with E-state index < -0.39 is 17.6 Å². The number of unbranched alkanes of at least 4 members (excludes halogenated alkanes) is 1. The fourth-order valence-electron chi connectivity index (χ4n) is 6.37. The predicted octanol–water partition coefficient (Wildman–Crippen LogP) is 6.49. The van der Waals surface area contributed by atoms with Crippen molar-refractivity contribution in [3.8, 4) is 0 Å². The maximum absolute atomic E-state index is 13.1. The number of hydrogen-bond donors (Lipinski definition) is 2. The van der Waals surface area contributed by atoms with Crippen molar-refractivity contribution >= 4 is 11.9 Å². The number of hydrogen-bond acceptors (Lipinski definition) is 6. The second-order valence-corrected chi connectivity index (χ2v) is 13.4. The summed E-state index contributed by atoms with van der Waals surface area (Å²) in [6.07, 6.45) is 13.8. The van der Waals surface area contributed by atoms with Crippen LogP contribution < -0.4 is 5.32 Å². The molecule has 0 aromatic carbocycles. The van der Waals surface area contributed by atoms with Crippen molar-refractivity contribution in [2.45, 2.75) is 137 Å². The molecule has 2 aliphatic carbocycles. The molecule has 0 aromatic rings. The summed E-state index contributed by atoms with van der Waals surface area (Å²) in [5, 5.41) is 14.2. The second kappa shape index (κ2) is 16.2. The van der Waals surface area contributed by atoms with Gasteiger partial charge in [0.15, 0.2) is 6.29 Å². The fourth-order valence-corrected chi connectivity index (χ4v) is 6.37. The monoisotopic (exact) mass is 575 g/mol. The summed E-state index contributed by atoms with van der Waals surface area (Å²) in [5.74, 6) is 0.878. The van der Waals surface area contributed by atoms with Gasteiger partial charge in [0.25, 0.3) is 0 Å². The summed E-state index contributed by atoms with van der Waals surface area (Å²) in [6, 6.07) is 0. The molecular weight excluding hydrogens is 518 g/mol. The number of fused-ring (bicyclic) bond motifs is 1. The highest BCUT2D eigenvalue weighted by molar-refractivity contribution is 5.76. The highest BCUT2D eigenvalue weighted by atomic mass is 16.7. The van der Waals surface area contributed by atoms with Gasteiger partial charge < -0.3 is 24.6 Å². The number of aliphatic hydroxyl groups excluding tert-OH is 1. The average molecular weight is 576 g/mol. The van der Waals surface area contributed by atoms with Crippen LogP contribution in [0.25, 0.3) is 0 Å². The van der Waals surface area contributed by atoms with Gasteiger partial charge >= 0.3 is 5.97 Å². The lowest BCUT2D eigenvalue weighted by atomic mass is 9.65. The summed E-state index contributed by atoms with van der Waals surface area (Å²) >= 11 is 0. The Morgan fingerprint density at radius 2 is 2.00 bits per heavy atom. The first-order chi connectivity index (χ1) is 19.5. The summed E-state index contributed by atoms with van der Waals surface area (Å²) in [6.45, 7) is 13.8. The molecule has 7 nitrogen and oxygen atoms in total. The SMILES string of the molecule is CCCCNC(=O)C[C@@H](C[C@H](O)CC[C@@H]1C2C(=C[C@H](C)C[C@@H]2OC(=O)C(C)(C)CC)C=C[C@@H]1C)OC1CCCCO1. The van der Waals surface area contributed by atoms with Gasteiger partial charge in [-0.25, -0.2) is 0 Å². The molecular formula is C34H57NO6. The molecule has 41 heavy (non-hydrogen) atoms. The molecule has 8 atom stereocenters. The zero-order valence-corrected chi connectivity index (χ0v) is 26.5. The maximum Gasteiger partial charge on any atom is 0.311 e. The summed E-state index contributed by atoms with van der Waals surface area (Å²) < 4.78 is 18.3. The highest BCUT2D eigenvalue weighted by Crippen LogP contribution is 2.45. The van der Waals surface area contributed by atoms with Crippen LogP contribution in [0.3, 0.4) is 0 Å². The quantitative estimate of drug-likeness (QED) is 0.171. The van der Waals surface area contributed by atoms with Gasteiger partial charge in [-0.2, -0.15) is 0 Å². The normalized spacial score (nSPS) is 29.7. The van der Waals surface area contributed by atoms with E-state index in [4.69, 9.17) is 14.2 Å². The third kappa shape index (κ3) is 10.2. The van der Waals surface area contributed by atoms with Crippen molar-refractivity contribution in [3.63, 3.8) is 0 Å². The van der Waals surface area contributed by atoms with Crippen molar-refractivity contribution < 1.29 is 28.9 Å². The molecule has 0 saturated carbocycles. The number of carbonyl (C=O) groups excluding carboxylic acids is 2. The first kappa shape index (κ1) is 33.8. The number of allylic oxidation sites excluding steroid dienone is 3. The van der Waals surface area contributed by atoms with Crippen LogP contribution in [0.4, 0.5) is 0 Å². The van der Waals surface area contributed by atoms with E-state index in [-0.39, 0.29) is 42.5 Å². The Balaban J connectivity index is 1.66. The zero-order valence-electron chi connectivity index (χ0n) is 26.5. The zero-order chi connectivity index (χ0) is 30.0. The van der Waals surface area contributed by atoms with E-state index in [9.17, 15) is 14.7 Å². The molecule has 0 bridgehead atoms. The van der Waals surface area contributed by atoms with Crippen molar-refractivity contribution in [3.05, 3.63) is 23.8 Å². The van der Waals surface area contributed by atoms with Gasteiger partial charge in [-0.15, -0.1) is 0 Å². The molecule has 2 N–H and O–H groups in total. The summed E-state index contributed by atoms with van der Waals surface area (Å²) in [5.41, 5.74) is 0.750. The van der Waals surface area contributed by atoms with E-state index in [1.54, 1.807) is 0 Å². The van der Waals surface area contributed by atoms with Crippen molar-refractivity contribution in [2.24, 2.45) is 29.1 Å². The molecule has 0 radical (unpaired) electrons. The first-order valence-electron chi connectivity index (χ1n) is 16.4. The van der Waals surface area contributed by atoms with E-state index in [1.165, 1.54) is 5.57 Å². The van der Waals surface area contributed by atoms with E-state index in [1.807, 2.05) is 20.8 Å². The summed E-state index contributed by atoms with van der Waals surface area (Å²) in [4.78, 5) is 25.7. The van der Waals surface area contributed by atoms with Crippen molar-refractivity contribution in [1.29, 1.82) is 0 Å². The minimum absolute atomic E-state index is 0.0386. The molecule has 1 fully saturated rings. The number of nitrogens with one attached hydrogen (secondary N) is 1. The lowest BCUT2D eigenvalue weighted by molar-refractivity contribution is -0.194. The number of amides is 1. The highest BCUT2D eigenvalue weighted by Gasteiger charge is 2.43. The Labute approximate surface area is 248 Å². The maximum atomic E-state index is 13.1. The number of esters is 1. The van der Waals surface area contributed by atoms with Gasteiger partial charge in [-0.1, -0.05) is 52.3 Å². The lowest BCUT2D eigenvalue weighted by Gasteiger charge is -2.44. The van der Waals surface area contributed by atoms with Crippen LogP contribution in [0.15, 0.2) is 23.8 Å². The average Bonchev–Trinajstić information content (AvgIpc) is 2.93. The van der Waals surface area contributed by atoms with Gasteiger partial charge in [-0.3, -0.25) is 9.59 Å². The van der Waals surface area contributed by atoms with E-state index in [2.05, 4.69) is 44.3 Å². The van der Waals surface area contributed by atoms with Crippen LogP contribution in [-0.2, 0) is 23.8 Å². The van der Waals surface area contributed by atoms with Gasteiger partial charge in [0.05, 0.1) is 24.0 Å². The lowest BCUT2D eigenvalue weighted by Crippen LogP contribution is -2.43. The summed E-state index contributed by atoms with van der Waals surface area (Å²) in [7, 11) is 0. The number of ether oxygens (including phenoxy) is 3. The van der Waals surface area contributed by atoms with Crippen molar-refractivity contribution in [1.82, 2.24) is 5.32 Å². The van der Waals surface area contributed by atoms with Crippen LogP contribution in [0, 0.1) is 29.1 Å². The molecule has 1 aliphatic heterocycles. The molecule has 1 heterocycles. The first-order valence-corrected chi connectivity index (χ1v) is 16.4. The van der Waals surface area contributed by atoms with Gasteiger partial charge in [0, 0.05) is 25.5 Å². The Kier molecular flexibility index (Phi) is 13.4. The minimum atomic E-state index is -0.597. The molecule has 1 saturated heterocycles. The Hall–Kier alpha value is -1.70. The molecule has 0 aromatic heterocycles. The van der Waals surface area contributed by atoms with Crippen LogP contribution in [0.1, 0.15) is 112 Å². The number of rotatable bonds is 15. The molecule has 2 unspecified atom stereocenters. The minimum Gasteiger partial charge on any atom is -0.461 e. The molecule has 3 rings (SSSR count). The molecule has 3 aliphatic rings. The standard InChI is InChI=1S/C34H57NO6/c1-7-9-17-35-30(37)22-27(40-31-12-10-11-18-39-31)21-26(36)15-16-28-24(4)13-14-25-19-23(3)20-29(32(25)28)41-33(38)34(5,6)8-2/h13-14,19,23-24,26-29,31-32,36H,7-12,15-18,20-22H2,1-6H3,(H,35,37)/t23-,24-,26+,27+,28-,29-,31?,32?/m0/s1. The topological polar surface area (TPSA) is 94.1 Å². The molecule has 1 amide bonds. The Morgan fingerprint density at radius 3 is 2.68 bits per heavy atom. The smallest absolute Gasteiger partial charge is 0.311 e. The predicted molar refractivity (Wildman–Crippen MR) is 162 cm³/mol. The number of aliphatic hydroxyl groups is 1. The van der Waals surface area contributed by atoms with E-state index in [0.29, 0.717) is 37.8 Å². The molecule has 0 spiro atoms. The van der Waals surface area contributed by atoms with Crippen LogP contribution in [0.5, 0.6) is 0 Å². The van der Waals surface area contributed by atoms with Gasteiger partial charge in [0.2, 0.25) is 5.91 Å². The molecule has 234 valence electrons. The van der Waals surface area contributed by atoms with Crippen LogP contribution in [0.2, 0.25) is 0 Å². The van der Waals surface area contributed by atoms with Crippen LogP contribution in [-0.4, -0.2) is 54.7 Å². The Bertz CT molecular complexity index is 892. The third-order valence-corrected chi connectivity index (χ3v) is 9.41. The number of carbonyl (C=O) groups is 2.